The van der Waals surface area contributed by atoms with Gasteiger partial charge in [0, 0.05) is 38.8 Å². The summed E-state index contributed by atoms with van der Waals surface area (Å²) >= 11 is 0. The summed E-state index contributed by atoms with van der Waals surface area (Å²) in [6.45, 7) is 6.06. The van der Waals surface area contributed by atoms with Crippen LogP contribution in [0.2, 0.25) is 0 Å². The molecule has 0 spiro atoms. The summed E-state index contributed by atoms with van der Waals surface area (Å²) in [6, 6.07) is 1.15. The Morgan fingerprint density at radius 1 is 1.50 bits per heavy atom. The van der Waals surface area contributed by atoms with E-state index in [0.29, 0.717) is 18.0 Å². The van der Waals surface area contributed by atoms with E-state index in [1.807, 2.05) is 0 Å². The van der Waals surface area contributed by atoms with Crippen LogP contribution in [0.3, 0.4) is 0 Å². The average Bonchev–Trinajstić information content (AvgIpc) is 2.68. The van der Waals surface area contributed by atoms with Gasteiger partial charge in [-0.25, -0.2) is 0 Å². The number of likely N-dealkylation sites (tertiary alicyclic amines) is 1. The molecule has 0 saturated carbocycles. The van der Waals surface area contributed by atoms with Gasteiger partial charge >= 0.3 is 0 Å². The monoisotopic (exact) mass is 229 g/mol. The van der Waals surface area contributed by atoms with Crippen LogP contribution in [0.15, 0.2) is 0 Å². The molecule has 0 aromatic rings. The molecular weight excluding hydrogens is 202 g/mol. The highest BCUT2D eigenvalue weighted by Crippen LogP contribution is 2.20. The predicted molar refractivity (Wildman–Crippen MR) is 67.5 cm³/mol. The van der Waals surface area contributed by atoms with E-state index < -0.39 is 0 Å². The highest BCUT2D eigenvalue weighted by Gasteiger charge is 2.31. The molecule has 0 bridgehead atoms. The SMILES string of the molecule is COCC(C)C(CN)N1CCC(N(C)C)C1. The summed E-state index contributed by atoms with van der Waals surface area (Å²) in [5.74, 6) is 0.510. The number of likely N-dealkylation sites (N-methyl/N-ethyl adjacent to an activating group) is 1. The molecule has 96 valence electrons. The van der Waals surface area contributed by atoms with Crippen LogP contribution in [0, 0.1) is 5.92 Å². The van der Waals surface area contributed by atoms with Crippen molar-refractivity contribution < 1.29 is 4.74 Å². The molecule has 0 amide bonds. The number of nitrogens with two attached hydrogens (primary N) is 1. The van der Waals surface area contributed by atoms with Crippen molar-refractivity contribution in [3.63, 3.8) is 0 Å². The third kappa shape index (κ3) is 3.42. The number of methoxy groups -OCH3 is 1. The summed E-state index contributed by atoms with van der Waals surface area (Å²) in [4.78, 5) is 4.84. The Morgan fingerprint density at radius 2 is 2.19 bits per heavy atom. The lowest BCUT2D eigenvalue weighted by atomic mass is 10.0. The molecule has 4 heteroatoms. The Labute approximate surface area is 99.7 Å². The zero-order valence-electron chi connectivity index (χ0n) is 11.1. The maximum absolute atomic E-state index is 5.89. The maximum Gasteiger partial charge on any atom is 0.0503 e. The smallest absolute Gasteiger partial charge is 0.0503 e. The quantitative estimate of drug-likeness (QED) is 0.708. The molecule has 1 fully saturated rings. The topological polar surface area (TPSA) is 41.7 Å². The van der Waals surface area contributed by atoms with Gasteiger partial charge in [-0.3, -0.25) is 4.90 Å². The van der Waals surface area contributed by atoms with Crippen molar-refractivity contribution >= 4 is 0 Å². The van der Waals surface area contributed by atoms with Crippen molar-refractivity contribution in [2.75, 3.05) is 47.4 Å². The summed E-state index contributed by atoms with van der Waals surface area (Å²) in [5.41, 5.74) is 5.89. The molecular formula is C12H27N3O. The number of hydrogen-bond acceptors (Lipinski definition) is 4. The van der Waals surface area contributed by atoms with E-state index in [-0.39, 0.29) is 0 Å². The predicted octanol–water partition coefficient (Wildman–Crippen LogP) is 0.232. The standard InChI is InChI=1S/C12H27N3O/c1-10(9-16-4)12(7-13)15-6-5-11(8-15)14(2)3/h10-12H,5-9,13H2,1-4H3. The van der Waals surface area contributed by atoms with Crippen molar-refractivity contribution in [3.05, 3.63) is 0 Å². The lowest BCUT2D eigenvalue weighted by Gasteiger charge is -2.32. The normalized spacial score (nSPS) is 26.2. The van der Waals surface area contributed by atoms with E-state index in [1.165, 1.54) is 13.0 Å². The zero-order valence-corrected chi connectivity index (χ0v) is 11.1. The molecule has 1 rings (SSSR count). The van der Waals surface area contributed by atoms with E-state index in [2.05, 4.69) is 30.8 Å². The minimum absolute atomic E-state index is 0.463. The number of rotatable bonds is 6. The molecule has 3 atom stereocenters. The van der Waals surface area contributed by atoms with Crippen LogP contribution < -0.4 is 5.73 Å². The van der Waals surface area contributed by atoms with Crippen molar-refractivity contribution in [1.82, 2.24) is 9.80 Å². The first-order valence-corrected chi connectivity index (χ1v) is 6.19. The second-order valence-electron chi connectivity index (χ2n) is 5.14. The number of hydrogen-bond donors (Lipinski definition) is 1. The Kier molecular flexibility index (Phi) is 5.69. The third-order valence-electron chi connectivity index (χ3n) is 3.72. The van der Waals surface area contributed by atoms with Gasteiger partial charge < -0.3 is 15.4 Å². The summed E-state index contributed by atoms with van der Waals surface area (Å²) < 4.78 is 5.23. The van der Waals surface area contributed by atoms with Crippen LogP contribution in [-0.4, -0.2) is 69.3 Å². The number of nitrogens with zero attached hydrogens (tertiary/aromatic N) is 2. The van der Waals surface area contributed by atoms with Gasteiger partial charge in [-0.1, -0.05) is 6.92 Å². The van der Waals surface area contributed by atoms with Gasteiger partial charge in [0.2, 0.25) is 0 Å². The van der Waals surface area contributed by atoms with E-state index in [0.717, 1.165) is 19.7 Å². The van der Waals surface area contributed by atoms with E-state index >= 15 is 0 Å². The molecule has 16 heavy (non-hydrogen) atoms. The van der Waals surface area contributed by atoms with Crippen LogP contribution in [0.1, 0.15) is 13.3 Å². The second kappa shape index (κ2) is 6.55. The molecule has 0 aliphatic carbocycles. The minimum atomic E-state index is 0.463. The summed E-state index contributed by atoms with van der Waals surface area (Å²) in [5, 5.41) is 0. The lowest BCUT2D eigenvalue weighted by Crippen LogP contribution is -2.46. The Morgan fingerprint density at radius 3 is 2.62 bits per heavy atom. The van der Waals surface area contributed by atoms with E-state index in [1.54, 1.807) is 7.11 Å². The van der Waals surface area contributed by atoms with Crippen LogP contribution in [0.25, 0.3) is 0 Å². The molecule has 2 N–H and O–H groups in total. The molecule has 0 aromatic heterocycles. The second-order valence-corrected chi connectivity index (χ2v) is 5.14. The molecule has 0 radical (unpaired) electrons. The van der Waals surface area contributed by atoms with Crippen molar-refractivity contribution in [3.8, 4) is 0 Å². The van der Waals surface area contributed by atoms with E-state index in [4.69, 9.17) is 10.5 Å². The maximum atomic E-state index is 5.89. The molecule has 1 saturated heterocycles. The molecule has 4 nitrogen and oxygen atoms in total. The summed E-state index contributed by atoms with van der Waals surface area (Å²) in [7, 11) is 6.07. The fourth-order valence-electron chi connectivity index (χ4n) is 2.61. The highest BCUT2D eigenvalue weighted by molar-refractivity contribution is 4.87. The van der Waals surface area contributed by atoms with Crippen LogP contribution in [0.5, 0.6) is 0 Å². The van der Waals surface area contributed by atoms with Gasteiger partial charge in [0.25, 0.3) is 0 Å². The van der Waals surface area contributed by atoms with Crippen LogP contribution >= 0.6 is 0 Å². The molecule has 3 unspecified atom stereocenters. The summed E-state index contributed by atoms with van der Waals surface area (Å²) in [6.07, 6.45) is 1.25. The first-order valence-electron chi connectivity index (χ1n) is 6.19. The van der Waals surface area contributed by atoms with Crippen LogP contribution in [-0.2, 0) is 4.74 Å². The van der Waals surface area contributed by atoms with Gasteiger partial charge in [-0.15, -0.1) is 0 Å². The Bertz CT molecular complexity index is 199. The van der Waals surface area contributed by atoms with Gasteiger partial charge in [0.15, 0.2) is 0 Å². The number of ether oxygens (including phenoxy) is 1. The largest absolute Gasteiger partial charge is 0.384 e. The lowest BCUT2D eigenvalue weighted by molar-refractivity contribution is 0.0942. The first kappa shape index (κ1) is 13.9. The zero-order chi connectivity index (χ0) is 12.1. The fourth-order valence-corrected chi connectivity index (χ4v) is 2.61. The van der Waals surface area contributed by atoms with Crippen molar-refractivity contribution in [1.29, 1.82) is 0 Å². The fraction of sp³-hybridized carbons (Fsp3) is 1.00. The van der Waals surface area contributed by atoms with Gasteiger partial charge in [0.1, 0.15) is 0 Å². The third-order valence-corrected chi connectivity index (χ3v) is 3.72. The molecule has 0 aromatic carbocycles. The highest BCUT2D eigenvalue weighted by atomic mass is 16.5. The minimum Gasteiger partial charge on any atom is -0.384 e. The first-order chi connectivity index (χ1) is 7.60. The van der Waals surface area contributed by atoms with Crippen LogP contribution in [0.4, 0.5) is 0 Å². The molecule has 1 aliphatic rings. The molecule has 1 heterocycles. The van der Waals surface area contributed by atoms with Gasteiger partial charge in [-0.05, 0) is 26.4 Å². The van der Waals surface area contributed by atoms with Crippen molar-refractivity contribution in [2.24, 2.45) is 11.7 Å². The van der Waals surface area contributed by atoms with E-state index in [9.17, 15) is 0 Å². The average molecular weight is 229 g/mol. The Balaban J connectivity index is 2.49. The Hall–Kier alpha value is -0.160. The molecule has 1 aliphatic heterocycles. The van der Waals surface area contributed by atoms with Gasteiger partial charge in [-0.2, -0.15) is 0 Å². The van der Waals surface area contributed by atoms with Crippen molar-refractivity contribution in [2.45, 2.75) is 25.4 Å². The van der Waals surface area contributed by atoms with Gasteiger partial charge in [0.05, 0.1) is 6.61 Å².